The van der Waals surface area contributed by atoms with E-state index in [0.717, 1.165) is 31.3 Å². The molecule has 0 unspecified atom stereocenters. The minimum absolute atomic E-state index is 0.0859. The van der Waals surface area contributed by atoms with Gasteiger partial charge in [0.15, 0.2) is 0 Å². The van der Waals surface area contributed by atoms with E-state index in [0.29, 0.717) is 11.3 Å². The van der Waals surface area contributed by atoms with E-state index in [2.05, 4.69) is 10.0 Å². The van der Waals surface area contributed by atoms with E-state index in [1.165, 1.54) is 0 Å². The largest absolute Gasteiger partial charge is 0.322 e. The van der Waals surface area contributed by atoms with Gasteiger partial charge in [-0.3, -0.25) is 4.79 Å². The van der Waals surface area contributed by atoms with Crippen molar-refractivity contribution in [2.45, 2.75) is 51.3 Å². The maximum Gasteiger partial charge on any atom is 0.251 e. The maximum atomic E-state index is 12.1. The summed E-state index contributed by atoms with van der Waals surface area (Å²) in [6.45, 7) is 3.77. The molecule has 0 fully saturated rings. The third kappa shape index (κ3) is 5.48. The maximum absolute atomic E-state index is 12.1. The summed E-state index contributed by atoms with van der Waals surface area (Å²) in [6.07, 6.45) is 5.47. The molecule has 1 aromatic carbocycles. The van der Waals surface area contributed by atoms with Gasteiger partial charge < -0.3 is 5.32 Å². The summed E-state index contributed by atoms with van der Waals surface area (Å²) in [6, 6.07) is 6.90. The lowest BCUT2D eigenvalue weighted by molar-refractivity contribution is -0.112. The first-order valence-corrected chi connectivity index (χ1v) is 9.64. The van der Waals surface area contributed by atoms with Crippen molar-refractivity contribution in [2.24, 2.45) is 0 Å². The number of sulfonamides is 1. The molecule has 0 bridgehead atoms. The lowest BCUT2D eigenvalue weighted by atomic mass is 10.2. The molecule has 2 rings (SSSR count). The Kier molecular flexibility index (Phi) is 5.96. The van der Waals surface area contributed by atoms with Crippen LogP contribution in [0, 0.1) is 0 Å². The fourth-order valence-electron chi connectivity index (χ4n) is 2.48. The second-order valence-corrected chi connectivity index (χ2v) is 7.72. The molecule has 2 N–H and O–H groups in total. The third-order valence-electron chi connectivity index (χ3n) is 3.87. The molecule has 6 heteroatoms. The van der Waals surface area contributed by atoms with E-state index < -0.39 is 10.0 Å². The Bertz CT molecular complexity index is 696. The normalized spacial score (nSPS) is 16.0. The fraction of sp³-hybridized carbons (Fsp3) is 0.471. The lowest BCUT2D eigenvalue weighted by Gasteiger charge is -2.13. The Morgan fingerprint density at radius 2 is 2.13 bits per heavy atom. The van der Waals surface area contributed by atoms with E-state index in [1.807, 2.05) is 19.9 Å². The van der Waals surface area contributed by atoms with Crippen molar-refractivity contribution in [2.75, 3.05) is 5.32 Å². The van der Waals surface area contributed by atoms with Crippen molar-refractivity contribution < 1.29 is 13.2 Å². The predicted molar refractivity (Wildman–Crippen MR) is 92.5 cm³/mol. The topological polar surface area (TPSA) is 75.3 Å². The highest BCUT2D eigenvalue weighted by Crippen LogP contribution is 2.20. The fourth-order valence-corrected chi connectivity index (χ4v) is 3.96. The summed E-state index contributed by atoms with van der Waals surface area (Å²) in [5.74, 6) is -0.191. The zero-order chi connectivity index (χ0) is 16.9. The Hall–Kier alpha value is -1.66. The van der Waals surface area contributed by atoms with Crippen LogP contribution in [0.4, 0.5) is 5.69 Å². The Morgan fingerprint density at radius 3 is 2.78 bits per heavy atom. The highest BCUT2D eigenvalue weighted by molar-refractivity contribution is 7.88. The first-order valence-electron chi connectivity index (χ1n) is 7.99. The molecule has 1 aliphatic carbocycles. The molecule has 5 nitrogen and oxygen atoms in total. The molecule has 1 aromatic rings. The second-order valence-electron chi connectivity index (χ2n) is 5.96. The lowest BCUT2D eigenvalue weighted by Crippen LogP contribution is -2.32. The standard InChI is InChI=1S/C17H24N2O3S/c1-3-13(2)19-23(21,22)12-14-7-6-10-16(11-14)18-17(20)15-8-4-5-9-15/h6-8,10-11,13,19H,3-5,9,12H2,1-2H3,(H,18,20)/t13-/m1/s1. The molecule has 1 aliphatic rings. The smallest absolute Gasteiger partial charge is 0.251 e. The van der Waals surface area contributed by atoms with E-state index >= 15 is 0 Å². The van der Waals surface area contributed by atoms with Crippen LogP contribution in [0.3, 0.4) is 0 Å². The van der Waals surface area contributed by atoms with Gasteiger partial charge in [0.25, 0.3) is 5.91 Å². The summed E-state index contributed by atoms with van der Waals surface area (Å²) in [7, 11) is -3.38. The van der Waals surface area contributed by atoms with Gasteiger partial charge >= 0.3 is 0 Å². The Labute approximate surface area is 138 Å². The summed E-state index contributed by atoms with van der Waals surface area (Å²) < 4.78 is 26.8. The molecule has 1 atom stereocenters. The van der Waals surface area contributed by atoms with Crippen molar-refractivity contribution in [1.29, 1.82) is 0 Å². The van der Waals surface area contributed by atoms with E-state index in [9.17, 15) is 13.2 Å². The van der Waals surface area contributed by atoms with Crippen molar-refractivity contribution in [3.8, 4) is 0 Å². The quantitative estimate of drug-likeness (QED) is 0.804. The van der Waals surface area contributed by atoms with Gasteiger partial charge in [0.1, 0.15) is 0 Å². The summed E-state index contributed by atoms with van der Waals surface area (Å²) in [5.41, 5.74) is 2.08. The van der Waals surface area contributed by atoms with Gasteiger partial charge in [0, 0.05) is 17.3 Å². The summed E-state index contributed by atoms with van der Waals surface area (Å²) in [5, 5.41) is 2.84. The summed E-state index contributed by atoms with van der Waals surface area (Å²) >= 11 is 0. The van der Waals surface area contributed by atoms with Crippen LogP contribution in [0.25, 0.3) is 0 Å². The Morgan fingerprint density at radius 1 is 1.35 bits per heavy atom. The number of allylic oxidation sites excluding steroid dienone is 1. The zero-order valence-electron chi connectivity index (χ0n) is 13.6. The molecule has 0 spiro atoms. The molecule has 0 aliphatic heterocycles. The van der Waals surface area contributed by atoms with Crippen LogP contribution >= 0.6 is 0 Å². The molecule has 0 radical (unpaired) electrons. The van der Waals surface area contributed by atoms with E-state index in [1.54, 1.807) is 24.3 Å². The number of hydrogen-bond donors (Lipinski definition) is 2. The number of carbonyl (C=O) groups is 1. The van der Waals surface area contributed by atoms with E-state index in [4.69, 9.17) is 0 Å². The van der Waals surface area contributed by atoms with Crippen LogP contribution < -0.4 is 10.0 Å². The average Bonchev–Trinajstić information content (AvgIpc) is 3.00. The minimum Gasteiger partial charge on any atom is -0.322 e. The number of carbonyl (C=O) groups excluding carboxylic acids is 1. The number of hydrogen-bond acceptors (Lipinski definition) is 3. The monoisotopic (exact) mass is 336 g/mol. The molecular weight excluding hydrogens is 312 g/mol. The first kappa shape index (κ1) is 17.7. The highest BCUT2D eigenvalue weighted by atomic mass is 32.2. The molecule has 0 heterocycles. The molecule has 1 amide bonds. The van der Waals surface area contributed by atoms with Gasteiger partial charge in [-0.15, -0.1) is 0 Å². The van der Waals surface area contributed by atoms with Crippen LogP contribution in [-0.2, 0) is 20.6 Å². The minimum atomic E-state index is -3.38. The number of anilines is 1. The molecule has 0 saturated carbocycles. The van der Waals surface area contributed by atoms with Crippen LogP contribution in [0.5, 0.6) is 0 Å². The third-order valence-corrected chi connectivity index (χ3v) is 5.34. The number of amides is 1. The highest BCUT2D eigenvalue weighted by Gasteiger charge is 2.16. The van der Waals surface area contributed by atoms with Gasteiger partial charge in [-0.2, -0.15) is 0 Å². The van der Waals surface area contributed by atoms with Crippen molar-refractivity contribution in [1.82, 2.24) is 4.72 Å². The molecule has 126 valence electrons. The molecule has 0 saturated heterocycles. The van der Waals surface area contributed by atoms with Crippen LogP contribution in [0.2, 0.25) is 0 Å². The van der Waals surface area contributed by atoms with Crippen LogP contribution in [0.1, 0.15) is 45.1 Å². The number of benzene rings is 1. The molecule has 0 aromatic heterocycles. The number of nitrogens with one attached hydrogen (secondary N) is 2. The van der Waals surface area contributed by atoms with Gasteiger partial charge in [0.2, 0.25) is 10.0 Å². The van der Waals surface area contributed by atoms with Gasteiger partial charge in [-0.1, -0.05) is 25.1 Å². The van der Waals surface area contributed by atoms with E-state index in [-0.39, 0.29) is 17.7 Å². The van der Waals surface area contributed by atoms with Crippen molar-refractivity contribution >= 4 is 21.6 Å². The average molecular weight is 336 g/mol. The second kappa shape index (κ2) is 7.75. The first-order chi connectivity index (χ1) is 10.9. The van der Waals surface area contributed by atoms with Gasteiger partial charge in [0.05, 0.1) is 5.75 Å². The van der Waals surface area contributed by atoms with Gasteiger partial charge in [-0.25, -0.2) is 13.1 Å². The Balaban J connectivity index is 2.03. The molecular formula is C17H24N2O3S. The zero-order valence-corrected chi connectivity index (χ0v) is 14.4. The van der Waals surface area contributed by atoms with Crippen LogP contribution in [0.15, 0.2) is 35.9 Å². The van der Waals surface area contributed by atoms with Crippen molar-refractivity contribution in [3.05, 3.63) is 41.5 Å². The van der Waals surface area contributed by atoms with Gasteiger partial charge in [-0.05, 0) is 50.3 Å². The SMILES string of the molecule is CC[C@@H](C)NS(=O)(=O)Cc1cccc(NC(=O)C2=CCCC2)c1. The molecule has 23 heavy (non-hydrogen) atoms. The van der Waals surface area contributed by atoms with Crippen molar-refractivity contribution in [3.63, 3.8) is 0 Å². The number of rotatable bonds is 7. The van der Waals surface area contributed by atoms with Crippen LogP contribution in [-0.4, -0.2) is 20.4 Å². The summed E-state index contributed by atoms with van der Waals surface area (Å²) in [4.78, 5) is 12.1. The predicted octanol–water partition coefficient (Wildman–Crippen LogP) is 2.95.